The number of hydrogen-bond acceptors (Lipinski definition) is 4. The average Bonchev–Trinajstić information content (AvgIpc) is 2.59. The van der Waals surface area contributed by atoms with Gasteiger partial charge in [0.2, 0.25) is 5.76 Å². The molecule has 0 amide bonds. The number of furan rings is 1. The molecule has 1 heterocycles. The van der Waals surface area contributed by atoms with Crippen molar-refractivity contribution < 1.29 is 19.1 Å². The molecular weight excluding hydrogens is 210 g/mol. The van der Waals surface area contributed by atoms with Gasteiger partial charge in [0.1, 0.15) is 5.76 Å². The first-order chi connectivity index (χ1) is 7.65. The molecule has 0 aliphatic carbocycles. The van der Waals surface area contributed by atoms with E-state index in [4.69, 9.17) is 14.3 Å². The van der Waals surface area contributed by atoms with Gasteiger partial charge in [-0.2, -0.15) is 0 Å². The van der Waals surface area contributed by atoms with E-state index in [1.165, 1.54) is 0 Å². The van der Waals surface area contributed by atoms with E-state index in [-0.39, 0.29) is 5.76 Å². The Balaban J connectivity index is 2.37. The van der Waals surface area contributed by atoms with Crippen LogP contribution in [-0.2, 0) is 11.3 Å². The Kier molecular flexibility index (Phi) is 5.01. The lowest BCUT2D eigenvalue weighted by molar-refractivity contribution is 0.0659. The summed E-state index contributed by atoms with van der Waals surface area (Å²) < 4.78 is 10.3. The Morgan fingerprint density at radius 2 is 2.38 bits per heavy atom. The molecule has 1 aromatic heterocycles. The zero-order valence-corrected chi connectivity index (χ0v) is 9.58. The third-order valence-corrected chi connectivity index (χ3v) is 2.09. The highest BCUT2D eigenvalue weighted by Crippen LogP contribution is 2.14. The molecule has 0 spiro atoms. The maximum atomic E-state index is 10.7. The zero-order valence-electron chi connectivity index (χ0n) is 9.58. The van der Waals surface area contributed by atoms with Crippen molar-refractivity contribution >= 4 is 5.97 Å². The summed E-state index contributed by atoms with van der Waals surface area (Å²) in [6.45, 7) is 6.23. The third-order valence-electron chi connectivity index (χ3n) is 2.09. The Labute approximate surface area is 94.4 Å². The molecule has 0 aliphatic heterocycles. The molecule has 1 rings (SSSR count). The van der Waals surface area contributed by atoms with Crippen LogP contribution in [0.25, 0.3) is 0 Å². The second kappa shape index (κ2) is 6.30. The van der Waals surface area contributed by atoms with Crippen LogP contribution in [0.2, 0.25) is 0 Å². The molecule has 5 nitrogen and oxygen atoms in total. The number of carboxylic acids is 1. The average molecular weight is 227 g/mol. The van der Waals surface area contributed by atoms with Crippen molar-refractivity contribution in [3.05, 3.63) is 23.2 Å². The van der Waals surface area contributed by atoms with E-state index in [0.29, 0.717) is 31.1 Å². The summed E-state index contributed by atoms with van der Waals surface area (Å²) in [6.07, 6.45) is 0. The number of rotatable bonds is 7. The molecule has 0 aliphatic rings. The molecule has 0 saturated heterocycles. The van der Waals surface area contributed by atoms with E-state index in [1.54, 1.807) is 13.0 Å². The van der Waals surface area contributed by atoms with Gasteiger partial charge in [-0.1, -0.05) is 0 Å². The number of aryl methyl sites for hydroxylation is 1. The number of carbonyl (C=O) groups is 1. The highest BCUT2D eigenvalue weighted by molar-refractivity contribution is 5.86. The van der Waals surface area contributed by atoms with Gasteiger partial charge in [-0.05, 0) is 19.9 Å². The molecule has 2 N–H and O–H groups in total. The van der Waals surface area contributed by atoms with Gasteiger partial charge in [0.15, 0.2) is 0 Å². The first-order valence-corrected chi connectivity index (χ1v) is 5.26. The minimum atomic E-state index is -1.03. The maximum absolute atomic E-state index is 10.7. The Bertz CT molecular complexity index is 346. The molecular formula is C11H17NO4. The molecule has 0 aromatic carbocycles. The summed E-state index contributed by atoms with van der Waals surface area (Å²) in [6, 6.07) is 1.73. The largest absolute Gasteiger partial charge is 0.475 e. The van der Waals surface area contributed by atoms with Crippen LogP contribution >= 0.6 is 0 Å². The number of aromatic carboxylic acids is 1. The standard InChI is InChI=1S/C11H17NO4/c1-3-15-5-4-12-7-9-6-8(2)10(16-9)11(13)14/h6,12H,3-5,7H2,1-2H3,(H,13,14). The molecule has 90 valence electrons. The Hall–Kier alpha value is -1.33. The number of ether oxygens (including phenoxy) is 1. The number of hydrogen-bond donors (Lipinski definition) is 2. The summed E-state index contributed by atoms with van der Waals surface area (Å²) in [5, 5.41) is 11.9. The van der Waals surface area contributed by atoms with E-state index in [2.05, 4.69) is 5.32 Å². The summed E-state index contributed by atoms with van der Waals surface area (Å²) in [5.41, 5.74) is 0.647. The minimum absolute atomic E-state index is 0.0154. The molecule has 0 bridgehead atoms. The molecule has 16 heavy (non-hydrogen) atoms. The van der Waals surface area contributed by atoms with Gasteiger partial charge in [-0.25, -0.2) is 4.79 Å². The van der Waals surface area contributed by atoms with Crippen molar-refractivity contribution in [2.24, 2.45) is 0 Å². The van der Waals surface area contributed by atoms with Crippen molar-refractivity contribution in [3.63, 3.8) is 0 Å². The van der Waals surface area contributed by atoms with Gasteiger partial charge in [-0.3, -0.25) is 0 Å². The van der Waals surface area contributed by atoms with Gasteiger partial charge in [0, 0.05) is 18.7 Å². The monoisotopic (exact) mass is 227 g/mol. The van der Waals surface area contributed by atoms with Gasteiger partial charge in [0.05, 0.1) is 13.2 Å². The molecule has 0 atom stereocenters. The first-order valence-electron chi connectivity index (χ1n) is 5.26. The van der Waals surface area contributed by atoms with Crippen molar-refractivity contribution in [2.75, 3.05) is 19.8 Å². The lowest BCUT2D eigenvalue weighted by Gasteiger charge is -2.02. The highest BCUT2D eigenvalue weighted by atomic mass is 16.5. The fourth-order valence-corrected chi connectivity index (χ4v) is 1.35. The van der Waals surface area contributed by atoms with E-state index in [0.717, 1.165) is 6.54 Å². The molecule has 1 aromatic rings. The second-order valence-corrected chi connectivity index (χ2v) is 3.40. The van der Waals surface area contributed by atoms with Crippen LogP contribution in [-0.4, -0.2) is 30.8 Å². The summed E-state index contributed by atoms with van der Waals surface area (Å²) in [4.78, 5) is 10.7. The lowest BCUT2D eigenvalue weighted by Crippen LogP contribution is -2.18. The summed E-state index contributed by atoms with van der Waals surface area (Å²) >= 11 is 0. The molecule has 5 heteroatoms. The normalized spacial score (nSPS) is 10.6. The maximum Gasteiger partial charge on any atom is 0.372 e. The van der Waals surface area contributed by atoms with Crippen LogP contribution < -0.4 is 5.32 Å². The van der Waals surface area contributed by atoms with Crippen LogP contribution in [0.15, 0.2) is 10.5 Å². The zero-order chi connectivity index (χ0) is 12.0. The van der Waals surface area contributed by atoms with Crippen molar-refractivity contribution in [1.82, 2.24) is 5.32 Å². The van der Waals surface area contributed by atoms with E-state index in [1.807, 2.05) is 6.92 Å². The number of carboxylic acid groups (broad SMARTS) is 1. The molecule has 0 unspecified atom stereocenters. The fourth-order valence-electron chi connectivity index (χ4n) is 1.35. The minimum Gasteiger partial charge on any atom is -0.475 e. The molecule has 0 saturated carbocycles. The smallest absolute Gasteiger partial charge is 0.372 e. The predicted molar refractivity (Wildman–Crippen MR) is 58.6 cm³/mol. The van der Waals surface area contributed by atoms with Crippen LogP contribution in [0, 0.1) is 6.92 Å². The van der Waals surface area contributed by atoms with Crippen molar-refractivity contribution in [2.45, 2.75) is 20.4 Å². The lowest BCUT2D eigenvalue weighted by atomic mass is 10.2. The molecule has 0 fully saturated rings. The van der Waals surface area contributed by atoms with Crippen LogP contribution in [0.1, 0.15) is 28.8 Å². The SMILES string of the molecule is CCOCCNCc1cc(C)c(C(=O)O)o1. The predicted octanol–water partition coefficient (Wildman–Crippen LogP) is 1.41. The van der Waals surface area contributed by atoms with Gasteiger partial charge in [0.25, 0.3) is 0 Å². The van der Waals surface area contributed by atoms with Crippen LogP contribution in [0.5, 0.6) is 0 Å². The van der Waals surface area contributed by atoms with Gasteiger partial charge >= 0.3 is 5.97 Å². The van der Waals surface area contributed by atoms with Gasteiger partial charge in [-0.15, -0.1) is 0 Å². The first kappa shape index (κ1) is 12.7. The fraction of sp³-hybridized carbons (Fsp3) is 0.545. The Morgan fingerprint density at radius 1 is 1.62 bits per heavy atom. The highest BCUT2D eigenvalue weighted by Gasteiger charge is 2.13. The molecule has 0 radical (unpaired) electrons. The Morgan fingerprint density at radius 3 is 2.94 bits per heavy atom. The van der Waals surface area contributed by atoms with E-state index in [9.17, 15) is 4.79 Å². The van der Waals surface area contributed by atoms with E-state index >= 15 is 0 Å². The summed E-state index contributed by atoms with van der Waals surface area (Å²) in [5.74, 6) is -0.383. The van der Waals surface area contributed by atoms with Crippen LogP contribution in [0.3, 0.4) is 0 Å². The van der Waals surface area contributed by atoms with Crippen molar-refractivity contribution in [1.29, 1.82) is 0 Å². The summed E-state index contributed by atoms with van der Waals surface area (Å²) in [7, 11) is 0. The number of nitrogens with one attached hydrogen (secondary N) is 1. The van der Waals surface area contributed by atoms with Crippen LogP contribution in [0.4, 0.5) is 0 Å². The topological polar surface area (TPSA) is 71.7 Å². The second-order valence-electron chi connectivity index (χ2n) is 3.40. The quantitative estimate of drug-likeness (QED) is 0.689. The third kappa shape index (κ3) is 3.67. The van der Waals surface area contributed by atoms with E-state index < -0.39 is 5.97 Å². The van der Waals surface area contributed by atoms with Crippen molar-refractivity contribution in [3.8, 4) is 0 Å². The van der Waals surface area contributed by atoms with Gasteiger partial charge < -0.3 is 19.6 Å².